The smallest absolute Gasteiger partial charge is 0.334 e. The van der Waals surface area contributed by atoms with Crippen molar-refractivity contribution in [2.75, 3.05) is 11.9 Å². The summed E-state index contributed by atoms with van der Waals surface area (Å²) < 4.78 is 24.6. The Labute approximate surface area is 198 Å². The van der Waals surface area contributed by atoms with Crippen LogP contribution in [0.2, 0.25) is 0 Å². The molecule has 1 heterocycles. The molecule has 34 heavy (non-hydrogen) atoms. The molecule has 10 nitrogen and oxygen atoms in total. The second-order valence-corrected chi connectivity index (χ2v) is 9.26. The highest BCUT2D eigenvalue weighted by atomic mass is 32.2. The van der Waals surface area contributed by atoms with Gasteiger partial charge in [0.05, 0.1) is 11.2 Å². The number of amides is 3. The second kappa shape index (κ2) is 12.1. The van der Waals surface area contributed by atoms with E-state index >= 15 is 0 Å². The number of anilines is 1. The molecule has 1 aromatic heterocycles. The molecule has 2 aromatic carbocycles. The number of hydrogen-bond acceptors (Lipinski definition) is 5. The minimum atomic E-state index is -3.52. The van der Waals surface area contributed by atoms with Gasteiger partial charge in [0.25, 0.3) is 0 Å². The fourth-order valence-electron chi connectivity index (χ4n) is 3.38. The number of pyridine rings is 1. The van der Waals surface area contributed by atoms with E-state index in [2.05, 4.69) is 30.8 Å². The number of unbranched alkanes of at least 4 members (excludes halogenated alkanes) is 1. The largest absolute Gasteiger partial charge is 0.365 e. The summed E-state index contributed by atoms with van der Waals surface area (Å²) in [6, 6.07) is 17.3. The Morgan fingerprint density at radius 1 is 0.971 bits per heavy atom. The van der Waals surface area contributed by atoms with Gasteiger partial charge in [0.15, 0.2) is 0 Å². The maximum Gasteiger partial charge on any atom is 0.365 e. The zero-order valence-electron chi connectivity index (χ0n) is 18.7. The molecule has 3 amide bonds. The van der Waals surface area contributed by atoms with Crippen LogP contribution in [0, 0.1) is 0 Å². The van der Waals surface area contributed by atoms with Crippen LogP contribution >= 0.6 is 0 Å². The van der Waals surface area contributed by atoms with Gasteiger partial charge in [-0.25, -0.2) is 9.93 Å². The zero-order valence-corrected chi connectivity index (χ0v) is 19.5. The van der Waals surface area contributed by atoms with E-state index in [1.54, 1.807) is 12.3 Å². The van der Waals surface area contributed by atoms with Crippen LogP contribution in [0.5, 0.6) is 0 Å². The summed E-state index contributed by atoms with van der Waals surface area (Å²) in [5.41, 5.74) is 2.13. The van der Waals surface area contributed by atoms with Crippen molar-refractivity contribution in [2.24, 2.45) is 0 Å². The van der Waals surface area contributed by atoms with Crippen LogP contribution < -0.4 is 25.8 Å². The fourth-order valence-corrected chi connectivity index (χ4v) is 3.84. The van der Waals surface area contributed by atoms with Crippen LogP contribution in [0.25, 0.3) is 10.9 Å². The van der Waals surface area contributed by atoms with E-state index in [1.807, 2.05) is 54.6 Å². The van der Waals surface area contributed by atoms with Gasteiger partial charge in [-0.05, 0) is 37.0 Å². The molecule has 0 saturated heterocycles. The maximum absolute atomic E-state index is 13.1. The number of aromatic nitrogens is 1. The molecular weight excluding hydrogens is 456 g/mol. The Morgan fingerprint density at radius 3 is 2.50 bits per heavy atom. The number of nitrogens with zero attached hydrogens (tertiary/aromatic N) is 1. The van der Waals surface area contributed by atoms with Gasteiger partial charge in [-0.2, -0.15) is 13.1 Å². The summed E-state index contributed by atoms with van der Waals surface area (Å²) in [6.45, 7) is 0.521. The Morgan fingerprint density at radius 2 is 1.74 bits per heavy atom. The molecule has 180 valence electrons. The molecule has 7 N–H and O–H groups in total. The first-order valence-corrected chi connectivity index (χ1v) is 12.5. The maximum atomic E-state index is 13.1. The molecule has 11 heteroatoms. The first-order chi connectivity index (χ1) is 16.3. The van der Waals surface area contributed by atoms with Crippen LogP contribution in [0.1, 0.15) is 24.8 Å². The highest BCUT2D eigenvalue weighted by Gasteiger charge is 2.21. The van der Waals surface area contributed by atoms with E-state index in [-0.39, 0.29) is 12.5 Å². The number of fused-ring (bicyclic) bond motifs is 1. The Kier molecular flexibility index (Phi) is 8.91. The molecule has 0 aliphatic heterocycles. The van der Waals surface area contributed by atoms with Crippen LogP contribution in [0.4, 0.5) is 10.5 Å². The summed E-state index contributed by atoms with van der Waals surface area (Å²) >= 11 is 0. The average molecular weight is 486 g/mol. The minimum Gasteiger partial charge on any atom is -0.334 e. The van der Waals surface area contributed by atoms with Crippen molar-refractivity contribution in [3.63, 3.8) is 0 Å². The van der Waals surface area contributed by atoms with Crippen molar-refractivity contribution in [2.45, 2.75) is 31.8 Å². The first-order valence-electron chi connectivity index (χ1n) is 10.9. The lowest BCUT2D eigenvalue weighted by Gasteiger charge is -2.19. The van der Waals surface area contributed by atoms with Crippen molar-refractivity contribution in [3.8, 4) is 0 Å². The number of benzene rings is 2. The monoisotopic (exact) mass is 485 g/mol. The van der Waals surface area contributed by atoms with Crippen molar-refractivity contribution in [1.82, 2.24) is 20.3 Å². The number of urea groups is 1. The summed E-state index contributed by atoms with van der Waals surface area (Å²) in [7, 11) is -3.52. The molecule has 0 spiro atoms. The summed E-state index contributed by atoms with van der Waals surface area (Å²) in [5, 5.41) is 12.2. The van der Waals surface area contributed by atoms with Crippen LogP contribution in [-0.2, 0) is 21.5 Å². The molecule has 1 unspecified atom stereocenters. The second-order valence-electron chi connectivity index (χ2n) is 7.74. The van der Waals surface area contributed by atoms with Crippen molar-refractivity contribution >= 4 is 38.7 Å². The third-order valence-electron chi connectivity index (χ3n) is 5.05. The highest BCUT2D eigenvalue weighted by Crippen LogP contribution is 2.21. The Hall–Kier alpha value is -3.54. The van der Waals surface area contributed by atoms with Gasteiger partial charge in [0, 0.05) is 24.7 Å². The topological polar surface area (TPSA) is 157 Å². The van der Waals surface area contributed by atoms with E-state index in [4.69, 9.17) is 0 Å². The van der Waals surface area contributed by atoms with E-state index < -0.39 is 22.3 Å². The fraction of sp³-hybridized carbons (Fsp3) is 0.261. The number of quaternary nitrogens is 1. The van der Waals surface area contributed by atoms with Crippen LogP contribution in [0.15, 0.2) is 66.9 Å². The van der Waals surface area contributed by atoms with Gasteiger partial charge >= 0.3 is 16.2 Å². The number of rotatable bonds is 11. The first kappa shape index (κ1) is 25.1. The zero-order chi connectivity index (χ0) is 24.4. The quantitative estimate of drug-likeness (QED) is 0.259. The van der Waals surface area contributed by atoms with Gasteiger partial charge in [-0.1, -0.05) is 48.5 Å². The number of carbonyl (C=O) groups is 2. The van der Waals surface area contributed by atoms with Gasteiger partial charge in [0.2, 0.25) is 5.91 Å². The molecule has 3 aromatic rings. The van der Waals surface area contributed by atoms with Crippen LogP contribution in [-0.4, -0.2) is 37.9 Å². The molecular formula is C23H29N6O4S+. The summed E-state index contributed by atoms with van der Waals surface area (Å²) in [6.07, 6.45) is 2.96. The molecule has 0 aliphatic rings. The van der Waals surface area contributed by atoms with Gasteiger partial charge in [-0.15, -0.1) is 0 Å². The number of hydrogen-bond donors (Lipinski definition) is 5. The van der Waals surface area contributed by atoms with Gasteiger partial charge in [0.1, 0.15) is 6.04 Å². The highest BCUT2D eigenvalue weighted by molar-refractivity contribution is 7.82. The summed E-state index contributed by atoms with van der Waals surface area (Å²) in [4.78, 5) is 29.9. The molecule has 0 saturated carbocycles. The number of carbonyl (C=O) groups excluding carboxylic acids is 2. The molecule has 1 atom stereocenters. The van der Waals surface area contributed by atoms with Crippen LogP contribution in [0.3, 0.4) is 0 Å². The average Bonchev–Trinajstić information content (AvgIpc) is 2.82. The number of para-hydroxylation sites is 1. The predicted molar refractivity (Wildman–Crippen MR) is 130 cm³/mol. The molecule has 0 bridgehead atoms. The Bertz CT molecular complexity index is 1220. The standard InChI is InChI=1S/C23H28N6O4S/c24-34(32,33)27-15-5-4-12-20(29-23(31)26-16-17-8-2-1-3-9-17)22(30)28-19-13-6-10-18-11-7-14-25-21(18)19/h1-3,6-11,13-14,20,27H,4-5,12,15-16H2,(H,28,30)(H2,24,32,33)(H2,26,29,31)/p+1. The number of nitrogens with one attached hydrogen (secondary N) is 4. The van der Waals surface area contributed by atoms with Gasteiger partial charge < -0.3 is 16.0 Å². The van der Waals surface area contributed by atoms with E-state index in [0.29, 0.717) is 37.0 Å². The molecule has 0 fully saturated rings. The lowest BCUT2D eigenvalue weighted by atomic mass is 10.1. The lowest BCUT2D eigenvalue weighted by molar-refractivity contribution is -0.167. The van der Waals surface area contributed by atoms with E-state index in [9.17, 15) is 18.0 Å². The minimum absolute atomic E-state index is 0.202. The Balaban J connectivity index is 1.64. The van der Waals surface area contributed by atoms with E-state index in [1.165, 1.54) is 0 Å². The molecule has 0 radical (unpaired) electrons. The normalized spacial score (nSPS) is 12.1. The third-order valence-corrected chi connectivity index (χ3v) is 5.69. The van der Waals surface area contributed by atoms with E-state index in [0.717, 1.165) is 10.9 Å². The molecule has 3 rings (SSSR count). The molecule has 0 aliphatic carbocycles. The predicted octanol–water partition coefficient (Wildman–Crippen LogP) is 1.29. The SMILES string of the molecule is [NH3+]S(=O)(=O)NCCCCC(NC(=O)NCc1ccccc1)C(=O)Nc1cccc2cccnc12. The third kappa shape index (κ3) is 8.10. The lowest BCUT2D eigenvalue weighted by Crippen LogP contribution is -2.62. The van der Waals surface area contributed by atoms with Crippen molar-refractivity contribution in [1.29, 1.82) is 0 Å². The summed E-state index contributed by atoms with van der Waals surface area (Å²) in [5.74, 6) is -0.384. The van der Waals surface area contributed by atoms with Gasteiger partial charge in [-0.3, -0.25) is 9.78 Å². The van der Waals surface area contributed by atoms with Crippen molar-refractivity contribution in [3.05, 3.63) is 72.4 Å². The van der Waals surface area contributed by atoms with Crippen molar-refractivity contribution < 1.29 is 23.1 Å².